The van der Waals surface area contributed by atoms with Crippen molar-refractivity contribution in [2.24, 2.45) is 5.92 Å². The Morgan fingerprint density at radius 3 is 2.94 bits per heavy atom. The normalized spacial score (nSPS) is 21.6. The van der Waals surface area contributed by atoms with E-state index in [-0.39, 0.29) is 0 Å². The van der Waals surface area contributed by atoms with Crippen LogP contribution in [-0.2, 0) is 0 Å². The van der Waals surface area contributed by atoms with Gasteiger partial charge in [0.1, 0.15) is 5.60 Å². The van der Waals surface area contributed by atoms with E-state index in [1.807, 2.05) is 12.1 Å². The third kappa shape index (κ3) is 2.05. The zero-order valence-electron chi connectivity index (χ0n) is 10.8. The zero-order chi connectivity index (χ0) is 12.6. The summed E-state index contributed by atoms with van der Waals surface area (Å²) in [6.45, 7) is 4.18. The lowest BCUT2D eigenvalue weighted by Gasteiger charge is -2.47. The summed E-state index contributed by atoms with van der Waals surface area (Å²) in [6.07, 6.45) is 5.11. The molecule has 0 atom stereocenters. The predicted octanol–water partition coefficient (Wildman–Crippen LogP) is 1.83. The molecule has 2 heterocycles. The maximum Gasteiger partial charge on any atom is 0.171 e. The number of aliphatic hydroxyl groups is 1. The summed E-state index contributed by atoms with van der Waals surface area (Å²) in [6, 6.07) is 3.84. The molecule has 1 N–H and O–H groups in total. The van der Waals surface area contributed by atoms with Crippen LogP contribution in [0, 0.1) is 5.92 Å². The maximum atomic E-state index is 10.3. The standard InChI is InChI=1S/C14H20N2O2/c1-2-8-18-12-4-3-7-15-13(12)16-9-14(17,10-16)11-5-6-11/h3-4,7,11,17H,2,5-6,8-10H2,1H3. The molecule has 0 radical (unpaired) electrons. The van der Waals surface area contributed by atoms with Gasteiger partial charge in [0.2, 0.25) is 0 Å². The molecular weight excluding hydrogens is 228 g/mol. The van der Waals surface area contributed by atoms with Gasteiger partial charge in [-0.3, -0.25) is 0 Å². The summed E-state index contributed by atoms with van der Waals surface area (Å²) in [5, 5.41) is 10.3. The molecule has 1 aromatic rings. The number of rotatable bonds is 5. The minimum atomic E-state index is -0.473. The third-order valence-corrected chi connectivity index (χ3v) is 3.78. The van der Waals surface area contributed by atoms with Crippen molar-refractivity contribution >= 4 is 5.82 Å². The van der Waals surface area contributed by atoms with E-state index in [1.165, 1.54) is 12.8 Å². The summed E-state index contributed by atoms with van der Waals surface area (Å²) in [4.78, 5) is 6.50. The number of nitrogens with zero attached hydrogens (tertiary/aromatic N) is 2. The molecule has 0 amide bonds. The molecule has 1 aliphatic heterocycles. The molecule has 3 rings (SSSR count). The summed E-state index contributed by atoms with van der Waals surface area (Å²) in [5.74, 6) is 2.21. The highest BCUT2D eigenvalue weighted by molar-refractivity contribution is 5.55. The van der Waals surface area contributed by atoms with Gasteiger partial charge in [-0.1, -0.05) is 6.92 Å². The molecule has 4 heteroatoms. The minimum absolute atomic E-state index is 0.473. The first-order valence-electron chi connectivity index (χ1n) is 6.78. The van der Waals surface area contributed by atoms with Crippen molar-refractivity contribution < 1.29 is 9.84 Å². The Labute approximate surface area is 108 Å². The van der Waals surface area contributed by atoms with E-state index in [4.69, 9.17) is 4.74 Å². The summed E-state index contributed by atoms with van der Waals surface area (Å²) in [7, 11) is 0. The van der Waals surface area contributed by atoms with Crippen molar-refractivity contribution in [2.45, 2.75) is 31.8 Å². The van der Waals surface area contributed by atoms with E-state index < -0.39 is 5.60 Å². The lowest BCUT2D eigenvalue weighted by molar-refractivity contribution is -0.01000. The van der Waals surface area contributed by atoms with Crippen LogP contribution in [0.2, 0.25) is 0 Å². The molecule has 1 saturated heterocycles. The smallest absolute Gasteiger partial charge is 0.171 e. The van der Waals surface area contributed by atoms with Crippen molar-refractivity contribution in [3.63, 3.8) is 0 Å². The Balaban J connectivity index is 1.69. The Hall–Kier alpha value is -1.29. The van der Waals surface area contributed by atoms with E-state index in [9.17, 15) is 5.11 Å². The first kappa shape index (κ1) is 11.8. The van der Waals surface area contributed by atoms with Crippen LogP contribution in [0.4, 0.5) is 5.82 Å². The van der Waals surface area contributed by atoms with E-state index in [1.54, 1.807) is 6.20 Å². The van der Waals surface area contributed by atoms with Crippen molar-refractivity contribution in [1.82, 2.24) is 4.98 Å². The zero-order valence-corrected chi connectivity index (χ0v) is 10.8. The number of pyridine rings is 1. The Kier molecular flexibility index (Phi) is 2.90. The van der Waals surface area contributed by atoms with Crippen molar-refractivity contribution in [3.8, 4) is 5.75 Å². The van der Waals surface area contributed by atoms with E-state index in [0.29, 0.717) is 25.6 Å². The molecule has 0 bridgehead atoms. The summed E-state index contributed by atoms with van der Waals surface area (Å²) in [5.41, 5.74) is -0.473. The monoisotopic (exact) mass is 248 g/mol. The fraction of sp³-hybridized carbons (Fsp3) is 0.643. The number of aromatic nitrogens is 1. The molecule has 0 unspecified atom stereocenters. The first-order chi connectivity index (χ1) is 8.73. The molecule has 2 fully saturated rings. The van der Waals surface area contributed by atoms with Gasteiger partial charge in [0, 0.05) is 6.20 Å². The average Bonchev–Trinajstić information content (AvgIpc) is 3.17. The molecule has 4 nitrogen and oxygen atoms in total. The molecule has 18 heavy (non-hydrogen) atoms. The topological polar surface area (TPSA) is 45.6 Å². The Bertz CT molecular complexity index is 426. The molecule has 0 spiro atoms. The van der Waals surface area contributed by atoms with Crippen molar-refractivity contribution in [1.29, 1.82) is 0 Å². The van der Waals surface area contributed by atoms with Crippen LogP contribution in [-0.4, -0.2) is 35.4 Å². The highest BCUT2D eigenvalue weighted by Crippen LogP contribution is 2.46. The van der Waals surface area contributed by atoms with Crippen LogP contribution in [0.5, 0.6) is 5.75 Å². The van der Waals surface area contributed by atoms with Crippen molar-refractivity contribution in [3.05, 3.63) is 18.3 Å². The van der Waals surface area contributed by atoms with Gasteiger partial charge in [0.05, 0.1) is 19.7 Å². The Morgan fingerprint density at radius 1 is 1.50 bits per heavy atom. The SMILES string of the molecule is CCCOc1cccnc1N1CC(O)(C2CC2)C1. The highest BCUT2D eigenvalue weighted by atomic mass is 16.5. The van der Waals surface area contributed by atoms with Crippen LogP contribution in [0.1, 0.15) is 26.2 Å². The second-order valence-corrected chi connectivity index (χ2v) is 5.41. The van der Waals surface area contributed by atoms with Gasteiger partial charge >= 0.3 is 0 Å². The van der Waals surface area contributed by atoms with Gasteiger partial charge in [0.25, 0.3) is 0 Å². The Morgan fingerprint density at radius 2 is 2.28 bits per heavy atom. The van der Waals surface area contributed by atoms with E-state index >= 15 is 0 Å². The quantitative estimate of drug-likeness (QED) is 0.863. The molecule has 2 aliphatic rings. The summed E-state index contributed by atoms with van der Waals surface area (Å²) < 4.78 is 5.70. The lowest BCUT2D eigenvalue weighted by Crippen LogP contribution is -2.63. The van der Waals surface area contributed by atoms with Gasteiger partial charge in [-0.25, -0.2) is 4.98 Å². The van der Waals surface area contributed by atoms with Gasteiger partial charge in [0.15, 0.2) is 11.6 Å². The fourth-order valence-corrected chi connectivity index (χ4v) is 2.59. The number of hydrogen-bond acceptors (Lipinski definition) is 4. The van der Waals surface area contributed by atoms with Gasteiger partial charge in [-0.05, 0) is 37.3 Å². The largest absolute Gasteiger partial charge is 0.490 e. The average molecular weight is 248 g/mol. The van der Waals surface area contributed by atoms with Crippen LogP contribution < -0.4 is 9.64 Å². The van der Waals surface area contributed by atoms with Gasteiger partial charge in [-0.15, -0.1) is 0 Å². The molecule has 1 aromatic heterocycles. The third-order valence-electron chi connectivity index (χ3n) is 3.78. The van der Waals surface area contributed by atoms with E-state index in [2.05, 4.69) is 16.8 Å². The number of β-amino-alcohol motifs (C(OH)–C–C–N with tert-alkyl or cyclic N) is 1. The number of hydrogen-bond donors (Lipinski definition) is 1. The van der Waals surface area contributed by atoms with Crippen LogP contribution in [0.3, 0.4) is 0 Å². The molecular formula is C14H20N2O2. The van der Waals surface area contributed by atoms with Crippen LogP contribution in [0.25, 0.3) is 0 Å². The van der Waals surface area contributed by atoms with E-state index in [0.717, 1.165) is 18.0 Å². The predicted molar refractivity (Wildman–Crippen MR) is 69.9 cm³/mol. The fourth-order valence-electron chi connectivity index (χ4n) is 2.59. The molecule has 1 saturated carbocycles. The number of anilines is 1. The second kappa shape index (κ2) is 4.43. The van der Waals surface area contributed by atoms with Crippen LogP contribution >= 0.6 is 0 Å². The minimum Gasteiger partial charge on any atom is -0.490 e. The van der Waals surface area contributed by atoms with Crippen molar-refractivity contribution in [2.75, 3.05) is 24.6 Å². The second-order valence-electron chi connectivity index (χ2n) is 5.41. The molecule has 98 valence electrons. The number of ether oxygens (including phenoxy) is 1. The van der Waals surface area contributed by atoms with Gasteiger partial charge in [-0.2, -0.15) is 0 Å². The molecule has 0 aromatic carbocycles. The molecule has 1 aliphatic carbocycles. The lowest BCUT2D eigenvalue weighted by atomic mass is 9.89. The highest BCUT2D eigenvalue weighted by Gasteiger charge is 2.52. The van der Waals surface area contributed by atoms with Crippen LogP contribution in [0.15, 0.2) is 18.3 Å². The first-order valence-corrected chi connectivity index (χ1v) is 6.78. The summed E-state index contributed by atoms with van der Waals surface area (Å²) >= 11 is 0. The maximum absolute atomic E-state index is 10.3. The van der Waals surface area contributed by atoms with Gasteiger partial charge < -0.3 is 14.7 Å².